The number of nitrogens with zero attached hydrogens (tertiary/aromatic N) is 3. The lowest BCUT2D eigenvalue weighted by atomic mass is 10.0. The average molecular weight is 495 g/mol. The molecule has 1 amide bonds. The van der Waals surface area contributed by atoms with E-state index in [0.29, 0.717) is 30.4 Å². The highest BCUT2D eigenvalue weighted by Gasteiger charge is 2.22. The quantitative estimate of drug-likeness (QED) is 0.441. The van der Waals surface area contributed by atoms with Crippen molar-refractivity contribution in [1.29, 1.82) is 0 Å². The van der Waals surface area contributed by atoms with Crippen LogP contribution in [0.1, 0.15) is 41.4 Å². The van der Waals surface area contributed by atoms with Gasteiger partial charge in [0.1, 0.15) is 5.82 Å². The van der Waals surface area contributed by atoms with E-state index >= 15 is 0 Å². The molecule has 1 aliphatic rings. The van der Waals surface area contributed by atoms with Gasteiger partial charge in [0, 0.05) is 32.4 Å². The van der Waals surface area contributed by atoms with Crippen LogP contribution in [0.15, 0.2) is 65.8 Å². The first-order valence-corrected chi connectivity index (χ1v) is 13.1. The van der Waals surface area contributed by atoms with E-state index in [1.165, 1.54) is 12.3 Å². The molecule has 9 nitrogen and oxygen atoms in total. The number of carbonyl (C=O) groups excluding carboxylic acids is 1. The molecule has 0 spiro atoms. The molecule has 1 aromatic carbocycles. The third kappa shape index (κ3) is 6.14. The smallest absolute Gasteiger partial charge is 0.261 e. The Balaban J connectivity index is 1.59. The monoisotopic (exact) mass is 494 g/mol. The second kappa shape index (κ2) is 10.8. The van der Waals surface area contributed by atoms with Crippen molar-refractivity contribution in [2.24, 2.45) is 0 Å². The SMILES string of the molecule is CC(C)c1ccc(S(=O)(=O)Nc2cnc(N3CCNCC3)c(C(=O)NCc3ccccn3)c2)cc1. The maximum Gasteiger partial charge on any atom is 0.261 e. The van der Waals surface area contributed by atoms with E-state index in [9.17, 15) is 13.2 Å². The number of aromatic nitrogens is 2. The maximum absolute atomic E-state index is 13.2. The van der Waals surface area contributed by atoms with Gasteiger partial charge in [-0.25, -0.2) is 13.4 Å². The first-order chi connectivity index (χ1) is 16.8. The van der Waals surface area contributed by atoms with E-state index in [1.807, 2.05) is 49.1 Å². The van der Waals surface area contributed by atoms with Gasteiger partial charge in [-0.3, -0.25) is 14.5 Å². The molecule has 0 bridgehead atoms. The van der Waals surface area contributed by atoms with Gasteiger partial charge in [0.05, 0.1) is 34.6 Å². The van der Waals surface area contributed by atoms with E-state index in [-0.39, 0.29) is 23.0 Å². The number of rotatable bonds is 8. The van der Waals surface area contributed by atoms with Gasteiger partial charge >= 0.3 is 0 Å². The van der Waals surface area contributed by atoms with Gasteiger partial charge in [-0.15, -0.1) is 0 Å². The molecule has 0 unspecified atom stereocenters. The molecule has 0 aliphatic carbocycles. The number of benzene rings is 1. The summed E-state index contributed by atoms with van der Waals surface area (Å²) in [5, 5.41) is 6.15. The third-order valence-corrected chi connectivity index (χ3v) is 7.19. The lowest BCUT2D eigenvalue weighted by Crippen LogP contribution is -2.44. The van der Waals surface area contributed by atoms with E-state index in [2.05, 4.69) is 25.3 Å². The number of amides is 1. The summed E-state index contributed by atoms with van der Waals surface area (Å²) in [5.41, 5.74) is 2.30. The largest absolute Gasteiger partial charge is 0.353 e. The number of carbonyl (C=O) groups is 1. The van der Waals surface area contributed by atoms with Crippen LogP contribution in [0.4, 0.5) is 11.5 Å². The van der Waals surface area contributed by atoms with Crippen molar-refractivity contribution in [1.82, 2.24) is 20.6 Å². The molecule has 0 saturated carbocycles. The highest BCUT2D eigenvalue weighted by molar-refractivity contribution is 7.92. The number of sulfonamides is 1. The van der Waals surface area contributed by atoms with Gasteiger partial charge in [0.2, 0.25) is 0 Å². The Hall–Kier alpha value is -3.50. The molecule has 1 fully saturated rings. The van der Waals surface area contributed by atoms with Crippen molar-refractivity contribution in [3.63, 3.8) is 0 Å². The third-order valence-electron chi connectivity index (χ3n) is 5.79. The minimum atomic E-state index is -3.85. The summed E-state index contributed by atoms with van der Waals surface area (Å²) < 4.78 is 28.6. The zero-order chi connectivity index (χ0) is 24.8. The molecule has 1 aliphatic heterocycles. The first kappa shape index (κ1) is 24.6. The van der Waals surface area contributed by atoms with Crippen LogP contribution in [0.25, 0.3) is 0 Å². The summed E-state index contributed by atoms with van der Waals surface area (Å²) in [4.78, 5) is 24.1. The van der Waals surface area contributed by atoms with Crippen LogP contribution in [-0.4, -0.2) is 50.5 Å². The zero-order valence-electron chi connectivity index (χ0n) is 19.9. The summed E-state index contributed by atoms with van der Waals surface area (Å²) >= 11 is 0. The van der Waals surface area contributed by atoms with Gasteiger partial charge in [-0.05, 0) is 41.8 Å². The fourth-order valence-corrected chi connectivity index (χ4v) is 4.86. The molecule has 1 saturated heterocycles. The number of nitrogens with one attached hydrogen (secondary N) is 3. The maximum atomic E-state index is 13.2. The van der Waals surface area contributed by atoms with Crippen LogP contribution in [0.5, 0.6) is 0 Å². The molecule has 4 rings (SSSR count). The van der Waals surface area contributed by atoms with Crippen LogP contribution in [0.3, 0.4) is 0 Å². The second-order valence-corrected chi connectivity index (χ2v) is 10.3. The average Bonchev–Trinajstić information content (AvgIpc) is 2.88. The summed E-state index contributed by atoms with van der Waals surface area (Å²) in [6, 6.07) is 13.8. The standard InChI is InChI=1S/C25H30N6O3S/c1-18(2)19-6-8-22(9-7-19)35(33,34)30-21-15-23(24(28-17-21)31-13-11-26-12-14-31)25(32)29-16-20-5-3-4-10-27-20/h3-10,15,17-18,26,30H,11-14,16H2,1-2H3,(H,29,32). The number of hydrogen-bond donors (Lipinski definition) is 3. The molecule has 3 aromatic rings. The van der Waals surface area contributed by atoms with Crippen molar-refractivity contribution in [2.45, 2.75) is 31.2 Å². The minimum Gasteiger partial charge on any atom is -0.353 e. The van der Waals surface area contributed by atoms with E-state index in [0.717, 1.165) is 24.3 Å². The second-order valence-electron chi connectivity index (χ2n) is 8.67. The van der Waals surface area contributed by atoms with Crippen LogP contribution in [-0.2, 0) is 16.6 Å². The number of piperazine rings is 1. The van der Waals surface area contributed by atoms with E-state index in [4.69, 9.17) is 0 Å². The van der Waals surface area contributed by atoms with Crippen LogP contribution >= 0.6 is 0 Å². The summed E-state index contributed by atoms with van der Waals surface area (Å²) in [5.74, 6) is 0.474. The van der Waals surface area contributed by atoms with Crippen LogP contribution < -0.4 is 20.3 Å². The van der Waals surface area contributed by atoms with Crippen LogP contribution in [0.2, 0.25) is 0 Å². The van der Waals surface area contributed by atoms with Crippen molar-refractivity contribution in [3.05, 3.63) is 77.7 Å². The van der Waals surface area contributed by atoms with Crippen molar-refractivity contribution in [3.8, 4) is 0 Å². The summed E-state index contributed by atoms with van der Waals surface area (Å²) in [7, 11) is -3.85. The Bertz CT molecular complexity index is 1260. The predicted molar refractivity (Wildman–Crippen MR) is 136 cm³/mol. The van der Waals surface area contributed by atoms with Gasteiger partial charge in [0.25, 0.3) is 15.9 Å². The molecule has 2 aromatic heterocycles. The number of hydrogen-bond acceptors (Lipinski definition) is 7. The zero-order valence-corrected chi connectivity index (χ0v) is 20.7. The minimum absolute atomic E-state index is 0.147. The van der Waals surface area contributed by atoms with Crippen molar-refractivity contribution >= 4 is 27.4 Å². The van der Waals surface area contributed by atoms with Crippen molar-refractivity contribution < 1.29 is 13.2 Å². The lowest BCUT2D eigenvalue weighted by Gasteiger charge is -2.30. The normalized spacial score (nSPS) is 14.1. The Morgan fingerprint density at radius 3 is 2.49 bits per heavy atom. The van der Waals surface area contributed by atoms with E-state index in [1.54, 1.807) is 18.3 Å². The molecular formula is C25H30N6O3S. The Morgan fingerprint density at radius 1 is 1.09 bits per heavy atom. The number of pyridine rings is 2. The van der Waals surface area contributed by atoms with Gasteiger partial charge in [0.15, 0.2) is 0 Å². The van der Waals surface area contributed by atoms with Gasteiger partial charge in [-0.2, -0.15) is 0 Å². The van der Waals surface area contributed by atoms with Gasteiger partial charge < -0.3 is 15.5 Å². The molecule has 184 valence electrons. The van der Waals surface area contributed by atoms with Gasteiger partial charge in [-0.1, -0.05) is 32.0 Å². The molecule has 35 heavy (non-hydrogen) atoms. The summed E-state index contributed by atoms with van der Waals surface area (Å²) in [6.45, 7) is 7.29. The highest BCUT2D eigenvalue weighted by atomic mass is 32.2. The molecule has 0 atom stereocenters. The molecule has 3 N–H and O–H groups in total. The first-order valence-electron chi connectivity index (χ1n) is 11.6. The molecule has 3 heterocycles. The van der Waals surface area contributed by atoms with Crippen LogP contribution in [0, 0.1) is 0 Å². The lowest BCUT2D eigenvalue weighted by molar-refractivity contribution is 0.0950. The molecule has 10 heteroatoms. The predicted octanol–water partition coefficient (Wildman–Crippen LogP) is 2.74. The Labute approximate surface area is 206 Å². The Morgan fingerprint density at radius 2 is 1.83 bits per heavy atom. The van der Waals surface area contributed by atoms with Crippen molar-refractivity contribution in [2.75, 3.05) is 35.8 Å². The molecular weight excluding hydrogens is 464 g/mol. The topological polar surface area (TPSA) is 116 Å². The highest BCUT2D eigenvalue weighted by Crippen LogP contribution is 2.25. The summed E-state index contributed by atoms with van der Waals surface area (Å²) in [6.07, 6.45) is 3.12. The fraction of sp³-hybridized carbons (Fsp3) is 0.320. The molecule has 0 radical (unpaired) electrons. The number of anilines is 2. The van der Waals surface area contributed by atoms with E-state index < -0.39 is 10.0 Å². The fourth-order valence-electron chi connectivity index (χ4n) is 3.82. The Kier molecular flexibility index (Phi) is 7.62.